The summed E-state index contributed by atoms with van der Waals surface area (Å²) in [6.07, 6.45) is 9.69. The highest BCUT2D eigenvalue weighted by Gasteiger charge is 2.21. The van der Waals surface area contributed by atoms with Gasteiger partial charge in [0.2, 0.25) is 0 Å². The maximum atomic E-state index is 3.57. The van der Waals surface area contributed by atoms with Gasteiger partial charge >= 0.3 is 0 Å². The highest BCUT2D eigenvalue weighted by atomic mass is 15.0. The van der Waals surface area contributed by atoms with Gasteiger partial charge in [-0.15, -0.1) is 0 Å². The van der Waals surface area contributed by atoms with Crippen LogP contribution in [0, 0.1) is 0 Å². The van der Waals surface area contributed by atoms with Crippen molar-refractivity contribution in [1.82, 2.24) is 10.5 Å². The summed E-state index contributed by atoms with van der Waals surface area (Å²) < 4.78 is 0. The van der Waals surface area contributed by atoms with Crippen molar-refractivity contribution in [3.63, 3.8) is 0 Å². The van der Waals surface area contributed by atoms with E-state index in [2.05, 4.69) is 37.6 Å². The molecule has 74 valence electrons. The predicted octanol–water partition coefficient (Wildman–Crippen LogP) is 0.601. The zero-order chi connectivity index (χ0) is 9.52. The summed E-state index contributed by atoms with van der Waals surface area (Å²) in [4.78, 5) is 0. The van der Waals surface area contributed by atoms with E-state index in [1.807, 2.05) is 0 Å². The number of hydrogen-bond acceptors (Lipinski definition) is 2. The fourth-order valence-corrected chi connectivity index (χ4v) is 2.06. The molecule has 2 N–H and O–H groups in total. The molecular formula is C10H21BN2. The van der Waals surface area contributed by atoms with Gasteiger partial charge in [-0.3, -0.25) is 0 Å². The van der Waals surface area contributed by atoms with Gasteiger partial charge in [0.05, 0.1) is 0 Å². The van der Waals surface area contributed by atoms with Crippen LogP contribution in [-0.4, -0.2) is 26.6 Å². The largest absolute Gasteiger partial charge is 0.358 e. The molecular weight excluding hydrogens is 159 g/mol. The second kappa shape index (κ2) is 6.22. The molecule has 0 heterocycles. The molecule has 0 aliphatic heterocycles. The minimum absolute atomic E-state index is 0.676. The molecule has 0 bridgehead atoms. The van der Waals surface area contributed by atoms with Crippen LogP contribution in [0.1, 0.15) is 32.6 Å². The summed E-state index contributed by atoms with van der Waals surface area (Å²) in [5.41, 5.74) is 0. The van der Waals surface area contributed by atoms with Crippen molar-refractivity contribution in [3.05, 3.63) is 12.2 Å². The van der Waals surface area contributed by atoms with Crippen LogP contribution in [0.3, 0.4) is 0 Å². The molecule has 13 heavy (non-hydrogen) atoms. The van der Waals surface area contributed by atoms with Crippen molar-refractivity contribution in [2.75, 3.05) is 6.54 Å². The molecule has 2 nitrogen and oxygen atoms in total. The second-order valence-electron chi connectivity index (χ2n) is 3.76. The summed E-state index contributed by atoms with van der Waals surface area (Å²) in [6.45, 7) is 3.08. The van der Waals surface area contributed by atoms with Crippen LogP contribution >= 0.6 is 0 Å². The molecule has 1 saturated carbocycles. The van der Waals surface area contributed by atoms with Crippen LogP contribution in [0.2, 0.25) is 0 Å². The van der Waals surface area contributed by atoms with Crippen LogP contribution in [0.5, 0.6) is 0 Å². The standard InChI is InChI=1S/C10H21BN2/c1-2-3-8-12-9-6-4-5-7-10(9)13-11/h2-3,9-10,12-13H,4-8,11H2,1H3/t9-,10-/m1/s1. The molecule has 1 aliphatic rings. The van der Waals surface area contributed by atoms with E-state index in [-0.39, 0.29) is 0 Å². The molecule has 0 unspecified atom stereocenters. The molecule has 0 amide bonds. The van der Waals surface area contributed by atoms with Crippen molar-refractivity contribution >= 4 is 7.98 Å². The first-order valence-electron chi connectivity index (χ1n) is 5.40. The van der Waals surface area contributed by atoms with Gasteiger partial charge < -0.3 is 10.5 Å². The van der Waals surface area contributed by atoms with Crippen LogP contribution in [0.25, 0.3) is 0 Å². The molecule has 1 fully saturated rings. The van der Waals surface area contributed by atoms with E-state index in [1.165, 1.54) is 25.7 Å². The third kappa shape index (κ3) is 3.53. The summed E-state index contributed by atoms with van der Waals surface area (Å²) >= 11 is 0. The molecule has 1 aliphatic carbocycles. The highest BCUT2D eigenvalue weighted by Crippen LogP contribution is 2.17. The summed E-state index contributed by atoms with van der Waals surface area (Å²) in [5.74, 6) is 0. The van der Waals surface area contributed by atoms with Crippen molar-refractivity contribution in [3.8, 4) is 0 Å². The molecule has 3 heteroatoms. The van der Waals surface area contributed by atoms with E-state index in [0.29, 0.717) is 12.1 Å². The topological polar surface area (TPSA) is 24.1 Å². The minimum Gasteiger partial charge on any atom is -0.358 e. The molecule has 0 spiro atoms. The number of hydrogen-bond donors (Lipinski definition) is 2. The lowest BCUT2D eigenvalue weighted by atomic mass is 9.89. The minimum atomic E-state index is 0.676. The predicted molar refractivity (Wildman–Crippen MR) is 60.5 cm³/mol. The Bertz CT molecular complexity index is 159. The first kappa shape index (κ1) is 10.8. The van der Waals surface area contributed by atoms with Gasteiger partial charge in [0, 0.05) is 18.6 Å². The maximum absolute atomic E-state index is 3.57. The fraction of sp³-hybridized carbons (Fsp3) is 0.800. The number of rotatable bonds is 4. The third-order valence-electron chi connectivity index (χ3n) is 2.87. The second-order valence-corrected chi connectivity index (χ2v) is 3.76. The van der Waals surface area contributed by atoms with Crippen LogP contribution in [0.15, 0.2) is 12.2 Å². The van der Waals surface area contributed by atoms with E-state index in [1.54, 1.807) is 0 Å². The Balaban J connectivity index is 2.27. The lowest BCUT2D eigenvalue weighted by Gasteiger charge is -2.32. The summed E-state index contributed by atoms with van der Waals surface area (Å²) in [7, 11) is 2.07. The smallest absolute Gasteiger partial charge is 0.182 e. The monoisotopic (exact) mass is 180 g/mol. The summed E-state index contributed by atoms with van der Waals surface area (Å²) in [6, 6.07) is 1.36. The van der Waals surface area contributed by atoms with Crippen LogP contribution < -0.4 is 10.5 Å². The molecule has 0 aromatic rings. The Morgan fingerprint density at radius 1 is 1.31 bits per heavy atom. The maximum Gasteiger partial charge on any atom is 0.182 e. The van der Waals surface area contributed by atoms with Gasteiger partial charge in [0.25, 0.3) is 0 Å². The SMILES string of the molecule is BN[C@@H]1CCCC[C@H]1NCC=CC. The van der Waals surface area contributed by atoms with Gasteiger partial charge in [-0.25, -0.2) is 0 Å². The van der Waals surface area contributed by atoms with E-state index in [9.17, 15) is 0 Å². The first-order valence-corrected chi connectivity index (χ1v) is 5.40. The van der Waals surface area contributed by atoms with E-state index in [4.69, 9.17) is 0 Å². The zero-order valence-electron chi connectivity index (χ0n) is 8.84. The zero-order valence-corrected chi connectivity index (χ0v) is 8.84. The van der Waals surface area contributed by atoms with Crippen molar-refractivity contribution < 1.29 is 0 Å². The average Bonchev–Trinajstić information content (AvgIpc) is 2.19. The van der Waals surface area contributed by atoms with Gasteiger partial charge in [0.15, 0.2) is 7.98 Å². The lowest BCUT2D eigenvalue weighted by molar-refractivity contribution is 0.321. The summed E-state index contributed by atoms with van der Waals surface area (Å²) in [5, 5.41) is 6.97. The Labute approximate surface area is 82.6 Å². The lowest BCUT2D eigenvalue weighted by Crippen LogP contribution is -2.49. The van der Waals surface area contributed by atoms with E-state index >= 15 is 0 Å². The van der Waals surface area contributed by atoms with Crippen molar-refractivity contribution in [1.29, 1.82) is 0 Å². The number of allylic oxidation sites excluding steroid dienone is 1. The van der Waals surface area contributed by atoms with Crippen LogP contribution in [0.4, 0.5) is 0 Å². The van der Waals surface area contributed by atoms with Crippen LogP contribution in [-0.2, 0) is 0 Å². The van der Waals surface area contributed by atoms with Crippen molar-refractivity contribution in [2.24, 2.45) is 0 Å². The molecule has 2 atom stereocenters. The van der Waals surface area contributed by atoms with Crippen molar-refractivity contribution in [2.45, 2.75) is 44.7 Å². The van der Waals surface area contributed by atoms with Gasteiger partial charge in [0.1, 0.15) is 0 Å². The Hall–Kier alpha value is -0.275. The van der Waals surface area contributed by atoms with E-state index < -0.39 is 0 Å². The average molecular weight is 180 g/mol. The van der Waals surface area contributed by atoms with Gasteiger partial charge in [-0.05, 0) is 19.8 Å². The molecule has 0 saturated heterocycles. The third-order valence-corrected chi connectivity index (χ3v) is 2.87. The number of nitrogens with one attached hydrogen (secondary N) is 2. The fourth-order valence-electron chi connectivity index (χ4n) is 2.06. The quantitative estimate of drug-likeness (QED) is 0.489. The van der Waals surface area contributed by atoms with Gasteiger partial charge in [-0.1, -0.05) is 25.0 Å². The first-order chi connectivity index (χ1) is 6.38. The Morgan fingerprint density at radius 3 is 2.62 bits per heavy atom. The molecule has 0 radical (unpaired) electrons. The van der Waals surface area contributed by atoms with E-state index in [0.717, 1.165) is 6.54 Å². The molecule has 1 rings (SSSR count). The Kier molecular flexibility index (Phi) is 5.17. The molecule has 0 aromatic heterocycles. The normalized spacial score (nSPS) is 29.6. The van der Waals surface area contributed by atoms with Gasteiger partial charge in [-0.2, -0.15) is 0 Å². The Morgan fingerprint density at radius 2 is 2.00 bits per heavy atom. The highest BCUT2D eigenvalue weighted by molar-refractivity contribution is 6.04. The molecule has 0 aromatic carbocycles.